The van der Waals surface area contributed by atoms with Crippen molar-refractivity contribution in [1.82, 2.24) is 9.97 Å². The molecule has 1 heterocycles. The molecular formula is C20H18FN3O2. The number of carbonyl (C=O) groups is 1. The third-order valence-electron chi connectivity index (χ3n) is 3.66. The van der Waals surface area contributed by atoms with Crippen LogP contribution in [0.25, 0.3) is 0 Å². The van der Waals surface area contributed by atoms with Gasteiger partial charge in [0.05, 0.1) is 18.1 Å². The SMILES string of the molecule is O=C(CCCc1ccccc1)Nc1cnc(Oc2ccccc2F)nc1. The molecule has 0 saturated carbocycles. The Morgan fingerprint density at radius 1 is 1.00 bits per heavy atom. The predicted octanol–water partition coefficient (Wildman–Crippen LogP) is 4.37. The molecule has 0 unspecified atom stereocenters. The van der Waals surface area contributed by atoms with Crippen molar-refractivity contribution < 1.29 is 13.9 Å². The van der Waals surface area contributed by atoms with Gasteiger partial charge in [0.25, 0.3) is 0 Å². The lowest BCUT2D eigenvalue weighted by molar-refractivity contribution is -0.116. The lowest BCUT2D eigenvalue weighted by Gasteiger charge is -2.07. The summed E-state index contributed by atoms with van der Waals surface area (Å²) in [6, 6.07) is 16.0. The van der Waals surface area contributed by atoms with E-state index in [1.807, 2.05) is 30.3 Å². The van der Waals surface area contributed by atoms with Crippen LogP contribution in [-0.2, 0) is 11.2 Å². The van der Waals surface area contributed by atoms with E-state index in [4.69, 9.17) is 4.74 Å². The molecule has 26 heavy (non-hydrogen) atoms. The monoisotopic (exact) mass is 351 g/mol. The molecular weight excluding hydrogens is 333 g/mol. The van der Waals surface area contributed by atoms with E-state index < -0.39 is 5.82 Å². The van der Waals surface area contributed by atoms with Gasteiger partial charge >= 0.3 is 6.01 Å². The summed E-state index contributed by atoms with van der Waals surface area (Å²) in [6.45, 7) is 0. The number of halogens is 1. The topological polar surface area (TPSA) is 64.1 Å². The summed E-state index contributed by atoms with van der Waals surface area (Å²) in [7, 11) is 0. The molecule has 0 fully saturated rings. The van der Waals surface area contributed by atoms with E-state index in [9.17, 15) is 9.18 Å². The van der Waals surface area contributed by atoms with Crippen LogP contribution in [0.4, 0.5) is 10.1 Å². The van der Waals surface area contributed by atoms with Gasteiger partial charge in [-0.25, -0.2) is 14.4 Å². The third kappa shape index (κ3) is 5.11. The molecule has 1 N–H and O–H groups in total. The van der Waals surface area contributed by atoms with Gasteiger partial charge in [0.2, 0.25) is 5.91 Å². The molecule has 0 atom stereocenters. The fourth-order valence-corrected chi connectivity index (χ4v) is 2.38. The molecule has 0 aliphatic rings. The number of anilines is 1. The quantitative estimate of drug-likeness (QED) is 0.686. The van der Waals surface area contributed by atoms with E-state index in [0.29, 0.717) is 12.1 Å². The number of rotatable bonds is 7. The highest BCUT2D eigenvalue weighted by molar-refractivity contribution is 5.90. The summed E-state index contributed by atoms with van der Waals surface area (Å²) in [4.78, 5) is 19.9. The van der Waals surface area contributed by atoms with Gasteiger partial charge in [-0.2, -0.15) is 0 Å². The Labute approximate surface area is 150 Å². The first kappa shape index (κ1) is 17.5. The second-order valence-corrected chi connectivity index (χ2v) is 5.67. The van der Waals surface area contributed by atoms with E-state index in [1.54, 1.807) is 12.1 Å². The normalized spacial score (nSPS) is 10.3. The lowest BCUT2D eigenvalue weighted by Crippen LogP contribution is -2.12. The summed E-state index contributed by atoms with van der Waals surface area (Å²) in [5.41, 5.74) is 1.67. The Kier molecular flexibility index (Phi) is 5.88. The van der Waals surface area contributed by atoms with Crippen molar-refractivity contribution in [2.45, 2.75) is 19.3 Å². The van der Waals surface area contributed by atoms with E-state index in [0.717, 1.165) is 12.8 Å². The Hall–Kier alpha value is -3.28. The zero-order chi connectivity index (χ0) is 18.2. The van der Waals surface area contributed by atoms with E-state index in [2.05, 4.69) is 15.3 Å². The van der Waals surface area contributed by atoms with Crippen LogP contribution in [0.5, 0.6) is 11.8 Å². The predicted molar refractivity (Wildman–Crippen MR) is 96.5 cm³/mol. The van der Waals surface area contributed by atoms with Gasteiger partial charge in [-0.3, -0.25) is 4.79 Å². The van der Waals surface area contributed by atoms with Crippen LogP contribution in [0.1, 0.15) is 18.4 Å². The summed E-state index contributed by atoms with van der Waals surface area (Å²) in [6.07, 6.45) is 4.87. The fourth-order valence-electron chi connectivity index (χ4n) is 2.38. The van der Waals surface area contributed by atoms with Crippen LogP contribution in [0.15, 0.2) is 67.0 Å². The number of para-hydroxylation sites is 1. The minimum absolute atomic E-state index is 0.0113. The van der Waals surface area contributed by atoms with Crippen molar-refractivity contribution in [3.05, 3.63) is 78.4 Å². The highest BCUT2D eigenvalue weighted by Gasteiger charge is 2.07. The average Bonchev–Trinajstić information content (AvgIpc) is 2.66. The first-order chi connectivity index (χ1) is 12.7. The zero-order valence-electron chi connectivity index (χ0n) is 14.1. The molecule has 0 radical (unpaired) electrons. The summed E-state index contributed by atoms with van der Waals surface area (Å²) in [5, 5.41) is 2.74. The molecule has 1 amide bonds. The number of benzene rings is 2. The maximum atomic E-state index is 13.5. The van der Waals surface area contributed by atoms with Crippen molar-refractivity contribution in [3.63, 3.8) is 0 Å². The minimum atomic E-state index is -0.494. The molecule has 0 bridgehead atoms. The highest BCUT2D eigenvalue weighted by Crippen LogP contribution is 2.21. The number of aromatic nitrogens is 2. The number of nitrogens with one attached hydrogen (secondary N) is 1. The lowest BCUT2D eigenvalue weighted by atomic mass is 10.1. The van der Waals surface area contributed by atoms with Gasteiger partial charge in [0.1, 0.15) is 0 Å². The van der Waals surface area contributed by atoms with Crippen LogP contribution in [-0.4, -0.2) is 15.9 Å². The maximum Gasteiger partial charge on any atom is 0.322 e. The Balaban J connectivity index is 1.47. The molecule has 1 aromatic heterocycles. The summed E-state index contributed by atoms with van der Waals surface area (Å²) in [5.74, 6) is -0.551. The van der Waals surface area contributed by atoms with Gasteiger partial charge in [-0.1, -0.05) is 42.5 Å². The summed E-state index contributed by atoms with van der Waals surface area (Å²) < 4.78 is 18.8. The average molecular weight is 351 g/mol. The van der Waals surface area contributed by atoms with Crippen molar-refractivity contribution in [2.24, 2.45) is 0 Å². The molecule has 2 aromatic carbocycles. The minimum Gasteiger partial charge on any atom is -0.421 e. The van der Waals surface area contributed by atoms with Crippen LogP contribution >= 0.6 is 0 Å². The highest BCUT2D eigenvalue weighted by atomic mass is 19.1. The zero-order valence-corrected chi connectivity index (χ0v) is 14.1. The van der Waals surface area contributed by atoms with Gasteiger partial charge in [-0.15, -0.1) is 0 Å². The smallest absolute Gasteiger partial charge is 0.322 e. The second-order valence-electron chi connectivity index (χ2n) is 5.67. The van der Waals surface area contributed by atoms with Gasteiger partial charge in [0, 0.05) is 6.42 Å². The van der Waals surface area contributed by atoms with E-state index in [1.165, 1.54) is 30.1 Å². The van der Waals surface area contributed by atoms with Gasteiger partial charge < -0.3 is 10.1 Å². The molecule has 0 spiro atoms. The number of nitrogens with zero attached hydrogens (tertiary/aromatic N) is 2. The van der Waals surface area contributed by atoms with Crippen LogP contribution in [0, 0.1) is 5.82 Å². The van der Waals surface area contributed by atoms with Crippen LogP contribution in [0.3, 0.4) is 0 Å². The van der Waals surface area contributed by atoms with Gasteiger partial charge in [0.15, 0.2) is 11.6 Å². The third-order valence-corrected chi connectivity index (χ3v) is 3.66. The summed E-state index contributed by atoms with van der Waals surface area (Å²) >= 11 is 0. The molecule has 3 aromatic rings. The number of ether oxygens (including phenoxy) is 1. The van der Waals surface area contributed by atoms with Crippen molar-refractivity contribution in [2.75, 3.05) is 5.32 Å². The molecule has 6 heteroatoms. The standard InChI is InChI=1S/C20H18FN3O2/c21-17-10-4-5-11-18(17)26-20-22-13-16(14-23-20)24-19(25)12-6-9-15-7-2-1-3-8-15/h1-5,7-8,10-11,13-14H,6,9,12H2,(H,24,25). The fraction of sp³-hybridized carbons (Fsp3) is 0.150. The number of hydrogen-bond donors (Lipinski definition) is 1. The van der Waals surface area contributed by atoms with E-state index in [-0.39, 0.29) is 17.7 Å². The maximum absolute atomic E-state index is 13.5. The molecule has 3 rings (SSSR count). The molecule has 5 nitrogen and oxygen atoms in total. The Bertz CT molecular complexity index is 854. The first-order valence-electron chi connectivity index (χ1n) is 8.29. The van der Waals surface area contributed by atoms with E-state index >= 15 is 0 Å². The number of hydrogen-bond acceptors (Lipinski definition) is 4. The number of amides is 1. The largest absolute Gasteiger partial charge is 0.421 e. The number of aryl methyl sites for hydroxylation is 1. The Morgan fingerprint density at radius 3 is 2.42 bits per heavy atom. The van der Waals surface area contributed by atoms with Crippen molar-refractivity contribution in [3.8, 4) is 11.8 Å². The van der Waals surface area contributed by atoms with Crippen molar-refractivity contribution >= 4 is 11.6 Å². The second kappa shape index (κ2) is 8.71. The first-order valence-corrected chi connectivity index (χ1v) is 8.29. The van der Waals surface area contributed by atoms with Crippen LogP contribution < -0.4 is 10.1 Å². The van der Waals surface area contributed by atoms with Crippen molar-refractivity contribution in [1.29, 1.82) is 0 Å². The molecule has 132 valence electrons. The molecule has 0 saturated heterocycles. The van der Waals surface area contributed by atoms with Gasteiger partial charge in [-0.05, 0) is 30.5 Å². The van der Waals surface area contributed by atoms with Crippen LogP contribution in [0.2, 0.25) is 0 Å². The Morgan fingerprint density at radius 2 is 1.69 bits per heavy atom. The molecule has 0 aliphatic carbocycles. The molecule has 0 aliphatic heterocycles. The number of carbonyl (C=O) groups excluding carboxylic acids is 1.